The highest BCUT2D eigenvalue weighted by atomic mass is 35.5. The summed E-state index contributed by atoms with van der Waals surface area (Å²) in [5, 5.41) is 6.32. The topological polar surface area (TPSA) is 58.2 Å². The second-order valence-electron chi connectivity index (χ2n) is 5.74. The molecule has 0 heterocycles. The number of anilines is 1. The minimum atomic E-state index is -0.237. The largest absolute Gasteiger partial charge is 0.349 e. The molecule has 0 spiro atoms. The fourth-order valence-corrected chi connectivity index (χ4v) is 2.32. The van der Waals surface area contributed by atoms with Gasteiger partial charge in [-0.15, -0.1) is 0 Å². The summed E-state index contributed by atoms with van der Waals surface area (Å²) in [6.45, 7) is 1.90. The van der Waals surface area contributed by atoms with Crippen molar-refractivity contribution in [3.8, 4) is 0 Å². The van der Waals surface area contributed by atoms with Gasteiger partial charge >= 0.3 is 0 Å². The van der Waals surface area contributed by atoms with E-state index in [0.717, 1.165) is 18.4 Å². The zero-order valence-corrected chi connectivity index (χ0v) is 13.5. The fraction of sp³-hybridized carbons (Fsp3) is 0.222. The molecular weight excluding hydrogens is 312 g/mol. The molecule has 1 aliphatic rings. The van der Waals surface area contributed by atoms with E-state index < -0.39 is 0 Å². The number of rotatable bonds is 4. The molecule has 0 radical (unpaired) electrons. The molecule has 0 saturated heterocycles. The Labute approximate surface area is 139 Å². The van der Waals surface area contributed by atoms with Crippen LogP contribution in [0.4, 0.5) is 5.69 Å². The molecule has 4 nitrogen and oxygen atoms in total. The van der Waals surface area contributed by atoms with Gasteiger partial charge in [-0.2, -0.15) is 0 Å². The molecule has 2 N–H and O–H groups in total. The predicted octanol–water partition coefficient (Wildman–Crippen LogP) is 3.79. The molecule has 3 rings (SSSR count). The van der Waals surface area contributed by atoms with E-state index in [9.17, 15) is 9.59 Å². The first-order valence-corrected chi connectivity index (χ1v) is 7.89. The predicted molar refractivity (Wildman–Crippen MR) is 91.1 cm³/mol. The van der Waals surface area contributed by atoms with E-state index in [1.807, 2.05) is 13.0 Å². The van der Waals surface area contributed by atoms with Gasteiger partial charge in [0.05, 0.1) is 0 Å². The van der Waals surface area contributed by atoms with E-state index in [4.69, 9.17) is 11.6 Å². The lowest BCUT2D eigenvalue weighted by molar-refractivity contribution is 0.0949. The first-order chi connectivity index (χ1) is 11.0. The summed E-state index contributed by atoms with van der Waals surface area (Å²) in [5.41, 5.74) is 2.65. The van der Waals surface area contributed by atoms with Crippen LogP contribution >= 0.6 is 11.6 Å². The quantitative estimate of drug-likeness (QED) is 0.897. The molecule has 1 fully saturated rings. The van der Waals surface area contributed by atoms with Gasteiger partial charge in [-0.05, 0) is 61.7 Å². The van der Waals surface area contributed by atoms with Crippen LogP contribution in [0, 0.1) is 6.92 Å². The Balaban J connectivity index is 1.67. The number of amides is 2. The van der Waals surface area contributed by atoms with Crippen LogP contribution < -0.4 is 10.6 Å². The summed E-state index contributed by atoms with van der Waals surface area (Å²) in [4.78, 5) is 24.1. The van der Waals surface area contributed by atoms with Gasteiger partial charge in [0.15, 0.2) is 0 Å². The summed E-state index contributed by atoms with van der Waals surface area (Å²) >= 11 is 6.05. The molecule has 5 heteroatoms. The summed E-state index contributed by atoms with van der Waals surface area (Å²) in [5.74, 6) is -0.330. The molecule has 1 saturated carbocycles. The molecule has 0 aliphatic heterocycles. The number of carbonyl (C=O) groups is 2. The van der Waals surface area contributed by atoms with Crippen molar-refractivity contribution in [1.82, 2.24) is 5.32 Å². The number of aryl methyl sites for hydroxylation is 1. The van der Waals surface area contributed by atoms with Crippen LogP contribution in [-0.2, 0) is 0 Å². The van der Waals surface area contributed by atoms with Crippen molar-refractivity contribution in [2.24, 2.45) is 0 Å². The Kier molecular flexibility index (Phi) is 4.35. The Morgan fingerprint density at radius 1 is 1.00 bits per heavy atom. The van der Waals surface area contributed by atoms with E-state index in [-0.39, 0.29) is 11.8 Å². The van der Waals surface area contributed by atoms with Crippen molar-refractivity contribution in [2.75, 3.05) is 5.32 Å². The van der Waals surface area contributed by atoms with Crippen molar-refractivity contribution in [3.05, 3.63) is 64.2 Å². The zero-order chi connectivity index (χ0) is 16.4. The van der Waals surface area contributed by atoms with Crippen LogP contribution in [0.5, 0.6) is 0 Å². The van der Waals surface area contributed by atoms with Gasteiger partial charge in [0.2, 0.25) is 0 Å². The van der Waals surface area contributed by atoms with Crippen molar-refractivity contribution in [1.29, 1.82) is 0 Å². The third kappa shape index (κ3) is 3.90. The van der Waals surface area contributed by atoms with Gasteiger partial charge in [-0.3, -0.25) is 9.59 Å². The van der Waals surface area contributed by atoms with Gasteiger partial charge in [0.1, 0.15) is 0 Å². The molecule has 118 valence electrons. The molecule has 0 unspecified atom stereocenters. The molecule has 23 heavy (non-hydrogen) atoms. The summed E-state index contributed by atoms with van der Waals surface area (Å²) in [6, 6.07) is 12.3. The maximum atomic E-state index is 12.2. The summed E-state index contributed by atoms with van der Waals surface area (Å²) in [7, 11) is 0. The Hall–Kier alpha value is -2.33. The van der Waals surface area contributed by atoms with Crippen LogP contribution in [0.3, 0.4) is 0 Å². The SMILES string of the molecule is Cc1ccc(NC(=O)c2ccc(C(=O)NC3CC3)cc2)cc1Cl. The van der Waals surface area contributed by atoms with Crippen molar-refractivity contribution < 1.29 is 9.59 Å². The first kappa shape index (κ1) is 15.6. The lowest BCUT2D eigenvalue weighted by atomic mass is 10.1. The first-order valence-electron chi connectivity index (χ1n) is 7.51. The number of benzene rings is 2. The molecule has 0 atom stereocenters. The van der Waals surface area contributed by atoms with E-state index >= 15 is 0 Å². The van der Waals surface area contributed by atoms with Crippen molar-refractivity contribution in [2.45, 2.75) is 25.8 Å². The number of nitrogens with one attached hydrogen (secondary N) is 2. The average Bonchev–Trinajstić information content (AvgIpc) is 3.35. The molecular formula is C18H17ClN2O2. The van der Waals surface area contributed by atoms with E-state index in [2.05, 4.69) is 10.6 Å². The Morgan fingerprint density at radius 2 is 1.61 bits per heavy atom. The molecule has 2 aromatic rings. The number of halogens is 1. The van der Waals surface area contributed by atoms with Gasteiger partial charge in [-0.25, -0.2) is 0 Å². The van der Waals surface area contributed by atoms with Crippen LogP contribution in [0.15, 0.2) is 42.5 Å². The highest BCUT2D eigenvalue weighted by molar-refractivity contribution is 6.31. The minimum Gasteiger partial charge on any atom is -0.349 e. The Morgan fingerprint density at radius 3 is 2.17 bits per heavy atom. The maximum absolute atomic E-state index is 12.2. The number of hydrogen-bond donors (Lipinski definition) is 2. The van der Waals surface area contributed by atoms with E-state index in [1.165, 1.54) is 0 Å². The van der Waals surface area contributed by atoms with Gasteiger partial charge in [0.25, 0.3) is 11.8 Å². The molecule has 2 amide bonds. The zero-order valence-electron chi connectivity index (χ0n) is 12.7. The standard InChI is InChI=1S/C18H17ClN2O2/c1-11-2-7-15(10-16(11)19)21-18(23)13-5-3-12(4-6-13)17(22)20-14-8-9-14/h2-7,10,14H,8-9H2,1H3,(H,20,22)(H,21,23). The highest BCUT2D eigenvalue weighted by Gasteiger charge is 2.23. The normalized spacial score (nSPS) is 13.5. The lowest BCUT2D eigenvalue weighted by Crippen LogP contribution is -2.25. The van der Waals surface area contributed by atoms with Crippen LogP contribution in [-0.4, -0.2) is 17.9 Å². The second-order valence-corrected chi connectivity index (χ2v) is 6.15. The average molecular weight is 329 g/mol. The smallest absolute Gasteiger partial charge is 0.255 e. The fourth-order valence-electron chi connectivity index (χ4n) is 2.14. The minimum absolute atomic E-state index is 0.0928. The molecule has 2 aromatic carbocycles. The number of hydrogen-bond acceptors (Lipinski definition) is 2. The monoisotopic (exact) mass is 328 g/mol. The maximum Gasteiger partial charge on any atom is 0.255 e. The van der Waals surface area contributed by atoms with Gasteiger partial charge < -0.3 is 10.6 Å². The van der Waals surface area contributed by atoms with E-state index in [1.54, 1.807) is 36.4 Å². The number of carbonyl (C=O) groups excluding carboxylic acids is 2. The van der Waals surface area contributed by atoms with Gasteiger partial charge in [0, 0.05) is 27.9 Å². The highest BCUT2D eigenvalue weighted by Crippen LogP contribution is 2.21. The van der Waals surface area contributed by atoms with Crippen molar-refractivity contribution >= 4 is 29.1 Å². The van der Waals surface area contributed by atoms with Crippen LogP contribution in [0.2, 0.25) is 5.02 Å². The molecule has 0 bridgehead atoms. The summed E-state index contributed by atoms with van der Waals surface area (Å²) in [6.07, 6.45) is 2.09. The summed E-state index contributed by atoms with van der Waals surface area (Å²) < 4.78 is 0. The van der Waals surface area contributed by atoms with Crippen molar-refractivity contribution in [3.63, 3.8) is 0 Å². The van der Waals surface area contributed by atoms with Gasteiger partial charge in [-0.1, -0.05) is 17.7 Å². The van der Waals surface area contributed by atoms with Crippen LogP contribution in [0.1, 0.15) is 39.1 Å². The second kappa shape index (κ2) is 6.42. The molecule has 1 aliphatic carbocycles. The van der Waals surface area contributed by atoms with Crippen LogP contribution in [0.25, 0.3) is 0 Å². The lowest BCUT2D eigenvalue weighted by Gasteiger charge is -2.08. The third-order valence-corrected chi connectivity index (χ3v) is 4.16. The molecule has 0 aromatic heterocycles. The van der Waals surface area contributed by atoms with E-state index in [0.29, 0.717) is 27.9 Å². The Bertz CT molecular complexity index is 752. The third-order valence-electron chi connectivity index (χ3n) is 3.75.